The molecule has 0 unspecified atom stereocenters. The van der Waals surface area contributed by atoms with E-state index in [-0.39, 0.29) is 24.0 Å². The molecule has 90 valence electrons. The smallest absolute Gasteiger partial charge is 0.191 e. The maximum absolute atomic E-state index is 4.08. The first-order valence-electron chi connectivity index (χ1n) is 4.80. The Hall–Kier alpha value is -1.05. The summed E-state index contributed by atoms with van der Waals surface area (Å²) in [7, 11) is 3.65. The molecule has 0 atom stereocenters. The summed E-state index contributed by atoms with van der Waals surface area (Å²) in [6.07, 6.45) is 3.56. The van der Waals surface area contributed by atoms with Gasteiger partial charge in [0.2, 0.25) is 0 Å². The highest BCUT2D eigenvalue weighted by atomic mass is 127. The Kier molecular flexibility index (Phi) is 7.61. The fourth-order valence-electron chi connectivity index (χ4n) is 1.14. The third kappa shape index (κ3) is 4.65. The first kappa shape index (κ1) is 14.9. The molecule has 0 bridgehead atoms. The molecule has 0 aromatic carbocycles. The number of guanidine groups is 1. The molecule has 0 spiro atoms. The highest BCUT2D eigenvalue weighted by Crippen LogP contribution is 1.94. The fourth-order valence-corrected chi connectivity index (χ4v) is 1.14. The molecule has 0 radical (unpaired) electrons. The minimum atomic E-state index is 0. The lowest BCUT2D eigenvalue weighted by molar-refractivity contribution is 0.687. The van der Waals surface area contributed by atoms with E-state index in [0.717, 1.165) is 11.7 Å². The van der Waals surface area contributed by atoms with Gasteiger partial charge in [0.25, 0.3) is 0 Å². The second-order valence-corrected chi connectivity index (χ2v) is 3.04. The van der Waals surface area contributed by atoms with E-state index in [9.17, 15) is 0 Å². The average Bonchev–Trinajstić information content (AvgIpc) is 2.65. The molecule has 0 aliphatic heterocycles. The van der Waals surface area contributed by atoms with Crippen molar-refractivity contribution in [2.24, 2.45) is 12.0 Å². The monoisotopic (exact) mass is 335 g/mol. The van der Waals surface area contributed by atoms with E-state index in [0.29, 0.717) is 13.1 Å². The molecular formula is C10H18IN5. The number of hydrogen-bond donors (Lipinski definition) is 2. The lowest BCUT2D eigenvalue weighted by Gasteiger charge is -2.10. The number of aromatic nitrogens is 2. The van der Waals surface area contributed by atoms with Crippen LogP contribution in [-0.4, -0.2) is 29.3 Å². The van der Waals surface area contributed by atoms with Crippen LogP contribution >= 0.6 is 24.0 Å². The van der Waals surface area contributed by atoms with E-state index in [1.165, 1.54) is 0 Å². The summed E-state index contributed by atoms with van der Waals surface area (Å²) in [4.78, 5) is 4.07. The van der Waals surface area contributed by atoms with E-state index in [1.807, 2.05) is 17.8 Å². The Bertz CT molecular complexity index is 345. The quantitative estimate of drug-likeness (QED) is 0.372. The van der Waals surface area contributed by atoms with Gasteiger partial charge in [0.1, 0.15) is 0 Å². The van der Waals surface area contributed by atoms with Gasteiger partial charge in [0.05, 0.1) is 12.2 Å². The molecule has 6 heteroatoms. The molecule has 0 saturated carbocycles. The molecule has 0 aliphatic rings. The second kappa shape index (κ2) is 8.14. The molecule has 1 aromatic rings. The molecule has 0 fully saturated rings. The van der Waals surface area contributed by atoms with Crippen molar-refractivity contribution in [3.05, 3.63) is 30.6 Å². The molecule has 1 aromatic heterocycles. The SMILES string of the molecule is C=CCNC(=NC)NCc1ccnn1C.I. The summed E-state index contributed by atoms with van der Waals surface area (Å²) in [6.45, 7) is 5.03. The number of aryl methyl sites for hydroxylation is 1. The summed E-state index contributed by atoms with van der Waals surface area (Å²) in [5.41, 5.74) is 1.11. The third-order valence-electron chi connectivity index (χ3n) is 2.00. The minimum Gasteiger partial charge on any atom is -0.353 e. The van der Waals surface area contributed by atoms with Gasteiger partial charge >= 0.3 is 0 Å². The van der Waals surface area contributed by atoms with Crippen molar-refractivity contribution in [3.8, 4) is 0 Å². The molecule has 1 heterocycles. The van der Waals surface area contributed by atoms with E-state index >= 15 is 0 Å². The standard InChI is InChI=1S/C10H17N5.HI/c1-4-6-12-10(11-2)13-8-9-5-7-14-15(9)3;/h4-5,7H,1,6,8H2,2-3H3,(H2,11,12,13);1H. The number of hydrogen-bond acceptors (Lipinski definition) is 2. The minimum absolute atomic E-state index is 0. The van der Waals surface area contributed by atoms with Crippen molar-refractivity contribution < 1.29 is 0 Å². The summed E-state index contributed by atoms with van der Waals surface area (Å²) in [6, 6.07) is 1.97. The normalized spacial score (nSPS) is 10.5. The van der Waals surface area contributed by atoms with Gasteiger partial charge < -0.3 is 10.6 Å². The molecule has 2 N–H and O–H groups in total. The Morgan fingerprint density at radius 2 is 2.38 bits per heavy atom. The predicted molar refractivity (Wildman–Crippen MR) is 77.0 cm³/mol. The highest BCUT2D eigenvalue weighted by Gasteiger charge is 1.99. The van der Waals surface area contributed by atoms with E-state index in [1.54, 1.807) is 19.3 Å². The lowest BCUT2D eigenvalue weighted by atomic mass is 10.4. The van der Waals surface area contributed by atoms with E-state index in [4.69, 9.17) is 0 Å². The van der Waals surface area contributed by atoms with Crippen LogP contribution in [0.25, 0.3) is 0 Å². The topological polar surface area (TPSA) is 54.2 Å². The molecular weight excluding hydrogens is 317 g/mol. The van der Waals surface area contributed by atoms with Crippen molar-refractivity contribution in [2.45, 2.75) is 6.54 Å². The van der Waals surface area contributed by atoms with Gasteiger partial charge in [0, 0.05) is 26.8 Å². The molecule has 0 saturated heterocycles. The fraction of sp³-hybridized carbons (Fsp3) is 0.400. The molecule has 5 nitrogen and oxygen atoms in total. The predicted octanol–water partition coefficient (Wildman–Crippen LogP) is 0.889. The second-order valence-electron chi connectivity index (χ2n) is 3.04. The average molecular weight is 335 g/mol. The van der Waals surface area contributed by atoms with Gasteiger partial charge in [0.15, 0.2) is 5.96 Å². The van der Waals surface area contributed by atoms with Crippen molar-refractivity contribution in [3.63, 3.8) is 0 Å². The van der Waals surface area contributed by atoms with Gasteiger partial charge in [-0.2, -0.15) is 5.10 Å². The summed E-state index contributed by atoms with van der Waals surface area (Å²) in [5.74, 6) is 0.760. The Morgan fingerprint density at radius 3 is 2.88 bits per heavy atom. The zero-order valence-corrected chi connectivity index (χ0v) is 11.9. The molecule has 1 rings (SSSR count). The van der Waals surface area contributed by atoms with Crippen LogP contribution in [-0.2, 0) is 13.6 Å². The van der Waals surface area contributed by atoms with Crippen molar-refractivity contribution >= 4 is 29.9 Å². The van der Waals surface area contributed by atoms with Gasteiger partial charge in [-0.1, -0.05) is 6.08 Å². The molecule has 0 amide bonds. The third-order valence-corrected chi connectivity index (χ3v) is 2.00. The van der Waals surface area contributed by atoms with Gasteiger partial charge in [-0.15, -0.1) is 30.6 Å². The van der Waals surface area contributed by atoms with Crippen LogP contribution in [0.2, 0.25) is 0 Å². The van der Waals surface area contributed by atoms with E-state index < -0.39 is 0 Å². The largest absolute Gasteiger partial charge is 0.353 e. The maximum atomic E-state index is 4.08. The van der Waals surface area contributed by atoms with Crippen LogP contribution in [0.15, 0.2) is 29.9 Å². The summed E-state index contributed by atoms with van der Waals surface area (Å²) >= 11 is 0. The van der Waals surface area contributed by atoms with Crippen molar-refractivity contribution in [1.82, 2.24) is 20.4 Å². The van der Waals surface area contributed by atoms with Gasteiger partial charge in [-0.3, -0.25) is 9.67 Å². The van der Waals surface area contributed by atoms with Crippen molar-refractivity contribution in [1.29, 1.82) is 0 Å². The van der Waals surface area contributed by atoms with Crippen LogP contribution in [0.3, 0.4) is 0 Å². The lowest BCUT2D eigenvalue weighted by Crippen LogP contribution is -2.37. The Balaban J connectivity index is 0.00000225. The summed E-state index contributed by atoms with van der Waals surface area (Å²) < 4.78 is 1.83. The first-order valence-corrected chi connectivity index (χ1v) is 4.80. The Labute approximate surface area is 113 Å². The van der Waals surface area contributed by atoms with Crippen LogP contribution < -0.4 is 10.6 Å². The van der Waals surface area contributed by atoms with Crippen molar-refractivity contribution in [2.75, 3.05) is 13.6 Å². The van der Waals surface area contributed by atoms with Gasteiger partial charge in [-0.25, -0.2) is 0 Å². The zero-order valence-electron chi connectivity index (χ0n) is 9.60. The van der Waals surface area contributed by atoms with Gasteiger partial charge in [-0.05, 0) is 6.07 Å². The number of nitrogens with zero attached hydrogens (tertiary/aromatic N) is 3. The van der Waals surface area contributed by atoms with Crippen LogP contribution in [0.4, 0.5) is 0 Å². The number of aliphatic imine (C=N–C) groups is 1. The number of halogens is 1. The van der Waals surface area contributed by atoms with Crippen LogP contribution in [0, 0.1) is 0 Å². The first-order chi connectivity index (χ1) is 7.27. The molecule has 0 aliphatic carbocycles. The number of nitrogens with one attached hydrogen (secondary N) is 2. The molecule has 16 heavy (non-hydrogen) atoms. The number of rotatable bonds is 4. The Morgan fingerprint density at radius 1 is 1.62 bits per heavy atom. The summed E-state index contributed by atoms with van der Waals surface area (Å²) in [5, 5.41) is 10.4. The maximum Gasteiger partial charge on any atom is 0.191 e. The zero-order chi connectivity index (χ0) is 11.1. The van der Waals surface area contributed by atoms with Crippen LogP contribution in [0.1, 0.15) is 5.69 Å². The highest BCUT2D eigenvalue weighted by molar-refractivity contribution is 14.0. The van der Waals surface area contributed by atoms with Crippen LogP contribution in [0.5, 0.6) is 0 Å². The van der Waals surface area contributed by atoms with E-state index in [2.05, 4.69) is 27.3 Å².